The Morgan fingerprint density at radius 1 is 1.29 bits per heavy atom. The van der Waals surface area contributed by atoms with E-state index in [1.165, 1.54) is 0 Å². The number of aliphatic hydroxyl groups excluding tert-OH is 1. The molecule has 1 aromatic heterocycles. The van der Waals surface area contributed by atoms with Crippen molar-refractivity contribution in [3.63, 3.8) is 0 Å². The van der Waals surface area contributed by atoms with E-state index in [0.29, 0.717) is 25.0 Å². The predicted octanol–water partition coefficient (Wildman–Crippen LogP) is 1.28. The van der Waals surface area contributed by atoms with Gasteiger partial charge in [-0.1, -0.05) is 6.42 Å². The number of carbonyl (C=O) groups is 1. The lowest BCUT2D eigenvalue weighted by Crippen LogP contribution is -2.31. The van der Waals surface area contributed by atoms with E-state index < -0.39 is 17.8 Å². The summed E-state index contributed by atoms with van der Waals surface area (Å²) < 4.78 is 40.3. The van der Waals surface area contributed by atoms with E-state index >= 15 is 0 Å². The molecule has 0 atom stereocenters. The van der Waals surface area contributed by atoms with Gasteiger partial charge in [0.2, 0.25) is 5.91 Å². The zero-order valence-electron chi connectivity index (χ0n) is 11.5. The van der Waals surface area contributed by atoms with Gasteiger partial charge in [0.25, 0.3) is 0 Å². The Labute approximate surface area is 120 Å². The molecule has 0 saturated carbocycles. The third-order valence-electron chi connectivity index (χ3n) is 3.50. The lowest BCUT2D eigenvalue weighted by Gasteiger charge is -2.07. The molecule has 0 fully saturated rings. The first-order valence-electron chi connectivity index (χ1n) is 6.96. The Kier molecular flexibility index (Phi) is 4.87. The smallest absolute Gasteiger partial charge is 0.395 e. The molecule has 0 radical (unpaired) electrons. The van der Waals surface area contributed by atoms with Gasteiger partial charge in [-0.2, -0.15) is 18.3 Å². The van der Waals surface area contributed by atoms with Crippen LogP contribution in [-0.4, -0.2) is 33.9 Å². The third kappa shape index (κ3) is 3.75. The molecule has 0 bridgehead atoms. The van der Waals surface area contributed by atoms with Gasteiger partial charge < -0.3 is 10.4 Å². The topological polar surface area (TPSA) is 67.2 Å². The first kappa shape index (κ1) is 15.8. The van der Waals surface area contributed by atoms with Gasteiger partial charge in [0.1, 0.15) is 6.54 Å². The second-order valence-electron chi connectivity index (χ2n) is 5.06. The SMILES string of the molecule is O=C(Cn1nc(C(F)(F)F)c2c1CCCCC2)NCCO. The molecular formula is C13H18F3N3O2. The van der Waals surface area contributed by atoms with Crippen molar-refractivity contribution in [1.29, 1.82) is 0 Å². The molecule has 0 unspecified atom stereocenters. The molecule has 0 saturated heterocycles. The number of carbonyl (C=O) groups excluding carboxylic acids is 1. The van der Waals surface area contributed by atoms with E-state index in [-0.39, 0.29) is 25.3 Å². The number of fused-ring (bicyclic) bond motifs is 1. The molecular weight excluding hydrogens is 287 g/mol. The maximum Gasteiger partial charge on any atom is 0.435 e. The van der Waals surface area contributed by atoms with Gasteiger partial charge in [0.05, 0.1) is 6.61 Å². The van der Waals surface area contributed by atoms with Crippen molar-refractivity contribution >= 4 is 5.91 Å². The summed E-state index contributed by atoms with van der Waals surface area (Å²) in [7, 11) is 0. The minimum atomic E-state index is -4.50. The summed E-state index contributed by atoms with van der Waals surface area (Å²) in [5.41, 5.74) is -0.122. The van der Waals surface area contributed by atoms with Crippen molar-refractivity contribution in [2.75, 3.05) is 13.2 Å². The monoisotopic (exact) mass is 305 g/mol. The summed E-state index contributed by atoms with van der Waals surface area (Å²) in [5.74, 6) is -0.452. The van der Waals surface area contributed by atoms with Gasteiger partial charge in [0, 0.05) is 17.8 Å². The predicted molar refractivity (Wildman–Crippen MR) is 68.6 cm³/mol. The molecule has 0 aromatic carbocycles. The van der Waals surface area contributed by atoms with E-state index in [2.05, 4.69) is 10.4 Å². The summed E-state index contributed by atoms with van der Waals surface area (Å²) in [5, 5.41) is 14.7. The summed E-state index contributed by atoms with van der Waals surface area (Å²) in [6, 6.07) is 0. The Bertz CT molecular complexity index is 511. The van der Waals surface area contributed by atoms with Gasteiger partial charge in [-0.3, -0.25) is 9.48 Å². The highest BCUT2D eigenvalue weighted by Crippen LogP contribution is 2.35. The van der Waals surface area contributed by atoms with Crippen LogP contribution in [0.15, 0.2) is 0 Å². The lowest BCUT2D eigenvalue weighted by molar-refractivity contribution is -0.142. The number of hydrogen-bond donors (Lipinski definition) is 2. The number of rotatable bonds is 4. The second-order valence-corrected chi connectivity index (χ2v) is 5.06. The fourth-order valence-electron chi connectivity index (χ4n) is 2.59. The number of aromatic nitrogens is 2. The van der Waals surface area contributed by atoms with Crippen molar-refractivity contribution in [3.05, 3.63) is 17.0 Å². The standard InChI is InChI=1S/C13H18F3N3O2/c14-13(15,16)12-9-4-2-1-3-5-10(9)19(18-12)8-11(21)17-6-7-20/h20H,1-8H2,(H,17,21). The van der Waals surface area contributed by atoms with Crippen molar-refractivity contribution < 1.29 is 23.1 Å². The number of alkyl halides is 3. The molecule has 2 N–H and O–H groups in total. The highest BCUT2D eigenvalue weighted by atomic mass is 19.4. The zero-order valence-corrected chi connectivity index (χ0v) is 11.5. The molecule has 1 aliphatic carbocycles. The lowest BCUT2D eigenvalue weighted by atomic mass is 10.1. The van der Waals surface area contributed by atoms with Gasteiger partial charge in [0.15, 0.2) is 5.69 Å². The van der Waals surface area contributed by atoms with Crippen molar-refractivity contribution in [1.82, 2.24) is 15.1 Å². The molecule has 21 heavy (non-hydrogen) atoms. The van der Waals surface area contributed by atoms with Crippen LogP contribution >= 0.6 is 0 Å². The fraction of sp³-hybridized carbons (Fsp3) is 0.692. The van der Waals surface area contributed by atoms with Gasteiger partial charge in [-0.15, -0.1) is 0 Å². The quantitative estimate of drug-likeness (QED) is 0.824. The molecule has 0 spiro atoms. The summed E-state index contributed by atoms with van der Waals surface area (Å²) >= 11 is 0. The molecule has 5 nitrogen and oxygen atoms in total. The molecule has 118 valence electrons. The first-order valence-corrected chi connectivity index (χ1v) is 6.96. The van der Waals surface area contributed by atoms with Crippen molar-refractivity contribution in [2.24, 2.45) is 0 Å². The minimum absolute atomic E-state index is 0.0778. The van der Waals surface area contributed by atoms with Crippen LogP contribution < -0.4 is 5.32 Å². The summed E-state index contributed by atoms with van der Waals surface area (Å²) in [4.78, 5) is 11.6. The molecule has 1 aliphatic rings. The number of halogens is 3. The molecule has 2 rings (SSSR count). The van der Waals surface area contributed by atoms with Crippen LogP contribution in [0.25, 0.3) is 0 Å². The number of hydrogen-bond acceptors (Lipinski definition) is 3. The van der Waals surface area contributed by atoms with Crippen LogP contribution in [-0.2, 0) is 30.4 Å². The highest BCUT2D eigenvalue weighted by Gasteiger charge is 2.39. The summed E-state index contributed by atoms with van der Waals surface area (Å²) in [6.07, 6.45) is -1.26. The van der Waals surface area contributed by atoms with E-state index in [1.54, 1.807) is 0 Å². The van der Waals surface area contributed by atoms with Crippen LogP contribution in [0.2, 0.25) is 0 Å². The van der Waals surface area contributed by atoms with Gasteiger partial charge >= 0.3 is 6.18 Å². The Morgan fingerprint density at radius 2 is 2.00 bits per heavy atom. The van der Waals surface area contributed by atoms with E-state index in [9.17, 15) is 18.0 Å². The summed E-state index contributed by atoms with van der Waals surface area (Å²) in [6.45, 7) is -0.385. The number of nitrogens with one attached hydrogen (secondary N) is 1. The number of aliphatic hydroxyl groups is 1. The van der Waals surface area contributed by atoms with E-state index in [4.69, 9.17) is 5.11 Å². The van der Waals surface area contributed by atoms with Gasteiger partial charge in [-0.05, 0) is 25.7 Å². The Hall–Kier alpha value is -1.57. The van der Waals surface area contributed by atoms with E-state index in [1.807, 2.05) is 0 Å². The highest BCUT2D eigenvalue weighted by molar-refractivity contribution is 5.75. The normalized spacial score (nSPS) is 15.4. The number of amides is 1. The molecule has 1 amide bonds. The van der Waals surface area contributed by atoms with Crippen LogP contribution in [0.4, 0.5) is 13.2 Å². The van der Waals surface area contributed by atoms with E-state index in [0.717, 1.165) is 17.5 Å². The van der Waals surface area contributed by atoms with Gasteiger partial charge in [-0.25, -0.2) is 0 Å². The van der Waals surface area contributed by atoms with Crippen LogP contribution in [0.5, 0.6) is 0 Å². The fourth-order valence-corrected chi connectivity index (χ4v) is 2.59. The Balaban J connectivity index is 2.28. The van der Waals surface area contributed by atoms with Crippen molar-refractivity contribution in [2.45, 2.75) is 44.8 Å². The van der Waals surface area contributed by atoms with Crippen LogP contribution in [0.3, 0.4) is 0 Å². The largest absolute Gasteiger partial charge is 0.435 e. The minimum Gasteiger partial charge on any atom is -0.395 e. The van der Waals surface area contributed by atoms with Crippen molar-refractivity contribution in [3.8, 4) is 0 Å². The molecule has 1 heterocycles. The first-order chi connectivity index (χ1) is 9.93. The average Bonchev–Trinajstić information content (AvgIpc) is 2.61. The van der Waals surface area contributed by atoms with Crippen LogP contribution in [0, 0.1) is 0 Å². The zero-order chi connectivity index (χ0) is 15.5. The maximum atomic E-state index is 13.1. The average molecular weight is 305 g/mol. The number of nitrogens with zero attached hydrogens (tertiary/aromatic N) is 2. The molecule has 1 aromatic rings. The third-order valence-corrected chi connectivity index (χ3v) is 3.50. The Morgan fingerprint density at radius 3 is 2.67 bits per heavy atom. The van der Waals surface area contributed by atoms with Crippen LogP contribution in [0.1, 0.15) is 36.2 Å². The second kappa shape index (κ2) is 6.46. The molecule has 8 heteroatoms. The molecule has 0 aliphatic heterocycles. The maximum absolute atomic E-state index is 13.1.